The van der Waals surface area contributed by atoms with Crippen molar-refractivity contribution < 1.29 is 19.0 Å². The van der Waals surface area contributed by atoms with Gasteiger partial charge in [0.25, 0.3) is 0 Å². The first-order chi connectivity index (χ1) is 11.7. The first-order valence-electron chi connectivity index (χ1n) is 7.95. The third-order valence-electron chi connectivity index (χ3n) is 3.98. The minimum Gasteiger partial charge on any atom is -0.496 e. The second-order valence-electron chi connectivity index (χ2n) is 5.63. The van der Waals surface area contributed by atoms with Gasteiger partial charge in [-0.2, -0.15) is 0 Å². The highest BCUT2D eigenvalue weighted by atomic mass is 16.5. The van der Waals surface area contributed by atoms with Crippen LogP contribution in [0.5, 0.6) is 17.2 Å². The van der Waals surface area contributed by atoms with Crippen molar-refractivity contribution in [2.24, 2.45) is 0 Å². The van der Waals surface area contributed by atoms with E-state index in [1.54, 1.807) is 25.3 Å². The molecule has 0 N–H and O–H groups in total. The zero-order valence-corrected chi connectivity index (χ0v) is 14.1. The maximum atomic E-state index is 12.6. The van der Waals surface area contributed by atoms with E-state index in [0.29, 0.717) is 28.6 Å². The molecule has 2 aromatic carbocycles. The molecule has 0 saturated carbocycles. The average Bonchev–Trinajstić information content (AvgIpc) is 2.92. The molecule has 1 aliphatic heterocycles. The fraction of sp³-hybridized carbons (Fsp3) is 0.250. The molecule has 1 heterocycles. The SMILES string of the molecule is CCCc1ccc(C=C2Oc3cc(OC)cc(OC)c3C2=O)cc1. The monoisotopic (exact) mass is 324 g/mol. The standard InChI is InChI=1S/C20H20O4/c1-4-5-13-6-8-14(9-7-13)10-18-20(21)19-16(23-3)11-15(22-2)12-17(19)24-18/h6-12H,4-5H2,1-3H3. The summed E-state index contributed by atoms with van der Waals surface area (Å²) in [6.07, 6.45) is 3.91. The van der Waals surface area contributed by atoms with Gasteiger partial charge in [-0.1, -0.05) is 37.6 Å². The zero-order chi connectivity index (χ0) is 17.1. The third kappa shape index (κ3) is 3.00. The second-order valence-corrected chi connectivity index (χ2v) is 5.63. The van der Waals surface area contributed by atoms with Crippen molar-refractivity contribution in [1.29, 1.82) is 0 Å². The van der Waals surface area contributed by atoms with Crippen molar-refractivity contribution in [2.75, 3.05) is 14.2 Å². The molecule has 0 saturated heterocycles. The highest BCUT2D eigenvalue weighted by molar-refractivity contribution is 6.16. The van der Waals surface area contributed by atoms with Crippen molar-refractivity contribution >= 4 is 11.9 Å². The number of carbonyl (C=O) groups excluding carboxylic acids is 1. The number of rotatable bonds is 5. The zero-order valence-electron chi connectivity index (χ0n) is 14.1. The van der Waals surface area contributed by atoms with Crippen LogP contribution in [-0.2, 0) is 6.42 Å². The van der Waals surface area contributed by atoms with E-state index in [9.17, 15) is 4.79 Å². The number of aryl methyl sites for hydroxylation is 1. The van der Waals surface area contributed by atoms with Crippen molar-refractivity contribution in [1.82, 2.24) is 0 Å². The van der Waals surface area contributed by atoms with Crippen LogP contribution in [0.2, 0.25) is 0 Å². The van der Waals surface area contributed by atoms with Crippen molar-refractivity contribution in [2.45, 2.75) is 19.8 Å². The number of allylic oxidation sites excluding steroid dienone is 1. The molecular weight excluding hydrogens is 304 g/mol. The molecule has 0 unspecified atom stereocenters. The van der Waals surface area contributed by atoms with Gasteiger partial charge in [-0.15, -0.1) is 0 Å². The maximum Gasteiger partial charge on any atom is 0.235 e. The molecule has 4 heteroatoms. The van der Waals surface area contributed by atoms with Crippen LogP contribution >= 0.6 is 0 Å². The molecule has 0 radical (unpaired) electrons. The summed E-state index contributed by atoms with van der Waals surface area (Å²) in [6, 6.07) is 11.5. The van der Waals surface area contributed by atoms with Gasteiger partial charge in [-0.05, 0) is 23.6 Å². The van der Waals surface area contributed by atoms with Gasteiger partial charge in [0.15, 0.2) is 5.76 Å². The first-order valence-corrected chi connectivity index (χ1v) is 7.95. The Morgan fingerprint density at radius 1 is 1.08 bits per heavy atom. The van der Waals surface area contributed by atoms with Crippen LogP contribution in [0.25, 0.3) is 6.08 Å². The van der Waals surface area contributed by atoms with Crippen LogP contribution in [0, 0.1) is 0 Å². The highest BCUT2D eigenvalue weighted by Gasteiger charge is 2.32. The Hall–Kier alpha value is -2.75. The summed E-state index contributed by atoms with van der Waals surface area (Å²) in [5.41, 5.74) is 2.65. The molecule has 2 aromatic rings. The molecule has 1 aliphatic rings. The fourth-order valence-electron chi connectivity index (χ4n) is 2.75. The number of ketones is 1. The van der Waals surface area contributed by atoms with Crippen molar-refractivity contribution in [3.63, 3.8) is 0 Å². The first kappa shape index (κ1) is 16.1. The average molecular weight is 324 g/mol. The van der Waals surface area contributed by atoms with E-state index in [2.05, 4.69) is 19.1 Å². The maximum absolute atomic E-state index is 12.6. The Balaban J connectivity index is 1.92. The van der Waals surface area contributed by atoms with Crippen LogP contribution in [0.3, 0.4) is 0 Å². The van der Waals surface area contributed by atoms with Gasteiger partial charge in [0.1, 0.15) is 22.8 Å². The molecule has 0 atom stereocenters. The third-order valence-corrected chi connectivity index (χ3v) is 3.98. The normalized spacial score (nSPS) is 14.5. The van der Waals surface area contributed by atoms with E-state index in [1.807, 2.05) is 12.1 Å². The number of fused-ring (bicyclic) bond motifs is 1. The van der Waals surface area contributed by atoms with E-state index in [-0.39, 0.29) is 5.78 Å². The number of ether oxygens (including phenoxy) is 3. The molecule has 24 heavy (non-hydrogen) atoms. The molecule has 0 aliphatic carbocycles. The Morgan fingerprint density at radius 2 is 1.83 bits per heavy atom. The summed E-state index contributed by atoms with van der Waals surface area (Å²) in [4.78, 5) is 12.6. The Morgan fingerprint density at radius 3 is 2.46 bits per heavy atom. The Kier molecular flexibility index (Phi) is 4.56. The van der Waals surface area contributed by atoms with Crippen molar-refractivity contribution in [3.8, 4) is 17.2 Å². The molecule has 3 rings (SSSR count). The summed E-state index contributed by atoms with van der Waals surface area (Å²) in [7, 11) is 3.09. The van der Waals surface area contributed by atoms with E-state index in [1.165, 1.54) is 12.7 Å². The number of Topliss-reactive ketones (excluding diaryl/α,β-unsaturated/α-hetero) is 1. The van der Waals surface area contributed by atoms with Crippen LogP contribution < -0.4 is 14.2 Å². The summed E-state index contributed by atoms with van der Waals surface area (Å²) >= 11 is 0. The summed E-state index contributed by atoms with van der Waals surface area (Å²) in [5, 5.41) is 0. The van der Waals surface area contributed by atoms with Gasteiger partial charge < -0.3 is 14.2 Å². The van der Waals surface area contributed by atoms with Gasteiger partial charge in [0.05, 0.1) is 14.2 Å². The molecule has 124 valence electrons. The fourth-order valence-corrected chi connectivity index (χ4v) is 2.75. The lowest BCUT2D eigenvalue weighted by Crippen LogP contribution is -2.00. The number of benzene rings is 2. The minimum absolute atomic E-state index is 0.179. The molecule has 0 bridgehead atoms. The van der Waals surface area contributed by atoms with E-state index in [0.717, 1.165) is 18.4 Å². The van der Waals surface area contributed by atoms with Crippen LogP contribution in [0.4, 0.5) is 0 Å². The highest BCUT2D eigenvalue weighted by Crippen LogP contribution is 2.41. The van der Waals surface area contributed by atoms with E-state index >= 15 is 0 Å². The molecule has 0 spiro atoms. The summed E-state index contributed by atoms with van der Waals surface area (Å²) in [6.45, 7) is 2.15. The van der Waals surface area contributed by atoms with Gasteiger partial charge >= 0.3 is 0 Å². The number of hydrogen-bond donors (Lipinski definition) is 0. The smallest absolute Gasteiger partial charge is 0.235 e. The van der Waals surface area contributed by atoms with Gasteiger partial charge in [0, 0.05) is 12.1 Å². The minimum atomic E-state index is -0.179. The largest absolute Gasteiger partial charge is 0.496 e. The quantitative estimate of drug-likeness (QED) is 0.770. The van der Waals surface area contributed by atoms with E-state index < -0.39 is 0 Å². The molecular formula is C20H20O4. The lowest BCUT2D eigenvalue weighted by Gasteiger charge is -2.07. The lowest BCUT2D eigenvalue weighted by molar-refractivity contribution is 0.101. The number of carbonyl (C=O) groups is 1. The Labute approximate surface area is 141 Å². The number of methoxy groups -OCH3 is 2. The lowest BCUT2D eigenvalue weighted by atomic mass is 10.1. The molecule has 0 amide bonds. The van der Waals surface area contributed by atoms with Gasteiger partial charge in [-0.25, -0.2) is 0 Å². The second kappa shape index (κ2) is 6.79. The molecule has 0 fully saturated rings. The predicted molar refractivity (Wildman–Crippen MR) is 92.9 cm³/mol. The summed E-state index contributed by atoms with van der Waals surface area (Å²) in [5.74, 6) is 1.62. The van der Waals surface area contributed by atoms with Crippen LogP contribution in [0.15, 0.2) is 42.2 Å². The topological polar surface area (TPSA) is 44.8 Å². The van der Waals surface area contributed by atoms with Gasteiger partial charge in [-0.3, -0.25) is 4.79 Å². The van der Waals surface area contributed by atoms with Crippen LogP contribution in [-0.4, -0.2) is 20.0 Å². The number of hydrogen-bond acceptors (Lipinski definition) is 4. The van der Waals surface area contributed by atoms with Gasteiger partial charge in [0.2, 0.25) is 5.78 Å². The molecule has 4 nitrogen and oxygen atoms in total. The van der Waals surface area contributed by atoms with E-state index in [4.69, 9.17) is 14.2 Å². The Bertz CT molecular complexity index is 788. The molecule has 0 aromatic heterocycles. The summed E-state index contributed by atoms with van der Waals surface area (Å²) < 4.78 is 16.3. The van der Waals surface area contributed by atoms with Crippen LogP contribution in [0.1, 0.15) is 34.8 Å². The van der Waals surface area contributed by atoms with Crippen molar-refractivity contribution in [3.05, 3.63) is 58.8 Å². The predicted octanol–water partition coefficient (Wildman–Crippen LogP) is 4.27.